The summed E-state index contributed by atoms with van der Waals surface area (Å²) in [4.78, 5) is 30.6. The zero-order valence-corrected chi connectivity index (χ0v) is 16.1. The number of nitrogens with zero attached hydrogens (tertiary/aromatic N) is 4. The van der Waals surface area contributed by atoms with Crippen molar-refractivity contribution in [1.82, 2.24) is 18.9 Å². The van der Waals surface area contributed by atoms with E-state index in [4.69, 9.17) is 4.42 Å². The molecule has 0 spiro atoms. The minimum Gasteiger partial charge on any atom is -0.467 e. The second kappa shape index (κ2) is 6.07. The van der Waals surface area contributed by atoms with Crippen LogP contribution in [-0.4, -0.2) is 18.9 Å². The molecule has 0 unspecified atom stereocenters. The molecule has 1 aromatic carbocycles. The molecular formula is C20H16N4O3S. The van der Waals surface area contributed by atoms with E-state index in [2.05, 4.69) is 4.98 Å². The van der Waals surface area contributed by atoms with Crippen LogP contribution in [0.15, 0.2) is 62.7 Å². The molecule has 0 aliphatic rings. The molecule has 0 N–H and O–H groups in total. The molecule has 0 fully saturated rings. The van der Waals surface area contributed by atoms with Gasteiger partial charge in [-0.2, -0.15) is 4.68 Å². The fraction of sp³-hybridized carbons (Fsp3) is 0.150. The van der Waals surface area contributed by atoms with Crippen LogP contribution in [-0.2, 0) is 13.6 Å². The minimum absolute atomic E-state index is 0.182. The Balaban J connectivity index is 1.77. The van der Waals surface area contributed by atoms with Crippen LogP contribution >= 0.6 is 11.3 Å². The lowest BCUT2D eigenvalue weighted by atomic mass is 10.2. The smallest absolute Gasteiger partial charge is 0.283 e. The van der Waals surface area contributed by atoms with Gasteiger partial charge in [0.25, 0.3) is 11.1 Å². The molecule has 0 amide bonds. The van der Waals surface area contributed by atoms with Crippen molar-refractivity contribution in [3.8, 4) is 5.13 Å². The van der Waals surface area contributed by atoms with Crippen molar-refractivity contribution in [2.75, 3.05) is 0 Å². The first kappa shape index (κ1) is 16.8. The number of fused-ring (bicyclic) bond motifs is 2. The maximum Gasteiger partial charge on any atom is 0.283 e. The van der Waals surface area contributed by atoms with Gasteiger partial charge in [-0.15, -0.1) is 0 Å². The third kappa shape index (κ3) is 2.38. The van der Waals surface area contributed by atoms with Crippen LogP contribution in [0.25, 0.3) is 26.3 Å². The Morgan fingerprint density at radius 1 is 1.14 bits per heavy atom. The van der Waals surface area contributed by atoms with Gasteiger partial charge in [-0.3, -0.25) is 14.3 Å². The predicted molar refractivity (Wildman–Crippen MR) is 109 cm³/mol. The summed E-state index contributed by atoms with van der Waals surface area (Å²) in [6, 6.07) is 12.8. The molecule has 0 saturated carbocycles. The second-order valence-corrected chi connectivity index (χ2v) is 7.61. The van der Waals surface area contributed by atoms with Gasteiger partial charge in [0.2, 0.25) is 5.13 Å². The molecule has 140 valence electrons. The number of furan rings is 1. The van der Waals surface area contributed by atoms with Crippen molar-refractivity contribution < 1.29 is 4.42 Å². The first-order valence-corrected chi connectivity index (χ1v) is 9.57. The van der Waals surface area contributed by atoms with Crippen LogP contribution in [0.3, 0.4) is 0 Å². The Labute approximate surface area is 162 Å². The summed E-state index contributed by atoms with van der Waals surface area (Å²) in [7, 11) is 1.77. The van der Waals surface area contributed by atoms with Gasteiger partial charge in [0.05, 0.1) is 33.9 Å². The number of pyridine rings is 1. The topological polar surface area (TPSA) is 75.0 Å². The normalized spacial score (nSPS) is 11.6. The van der Waals surface area contributed by atoms with E-state index in [1.54, 1.807) is 41.6 Å². The van der Waals surface area contributed by atoms with Crippen LogP contribution < -0.4 is 11.1 Å². The summed E-state index contributed by atoms with van der Waals surface area (Å²) in [5.74, 6) is 0.659. The highest BCUT2D eigenvalue weighted by Crippen LogP contribution is 2.25. The maximum atomic E-state index is 13.3. The summed E-state index contributed by atoms with van der Waals surface area (Å²) >= 11 is 1.44. The first-order chi connectivity index (χ1) is 13.5. The fourth-order valence-electron chi connectivity index (χ4n) is 3.54. The highest BCUT2D eigenvalue weighted by atomic mass is 32.1. The average molecular weight is 392 g/mol. The van der Waals surface area contributed by atoms with Crippen LogP contribution in [0.1, 0.15) is 11.5 Å². The standard InChI is InChI=1S/C20H16N4O3S/c1-12-18-15(10-17(25)23(12)11-13-6-5-9-27-13)22(2)24(19(18)26)20-21-14-7-3-4-8-16(14)28-20/h3-10H,11H2,1-2H3. The van der Waals surface area contributed by atoms with E-state index < -0.39 is 0 Å². The highest BCUT2D eigenvalue weighted by Gasteiger charge is 2.20. The molecule has 4 heterocycles. The molecule has 0 aliphatic carbocycles. The first-order valence-electron chi connectivity index (χ1n) is 8.75. The van der Waals surface area contributed by atoms with Crippen molar-refractivity contribution in [3.05, 3.63) is 80.9 Å². The molecule has 0 radical (unpaired) electrons. The number of benzene rings is 1. The van der Waals surface area contributed by atoms with Gasteiger partial charge < -0.3 is 8.98 Å². The van der Waals surface area contributed by atoms with Crippen molar-refractivity contribution in [2.45, 2.75) is 13.5 Å². The van der Waals surface area contributed by atoms with Crippen LogP contribution in [0.4, 0.5) is 0 Å². The lowest BCUT2D eigenvalue weighted by molar-refractivity contribution is 0.487. The number of hydrogen-bond donors (Lipinski definition) is 0. The molecule has 28 heavy (non-hydrogen) atoms. The summed E-state index contributed by atoms with van der Waals surface area (Å²) in [6.45, 7) is 2.07. The maximum absolute atomic E-state index is 13.3. The fourth-order valence-corrected chi connectivity index (χ4v) is 4.54. The zero-order chi connectivity index (χ0) is 19.4. The number of rotatable bonds is 3. The van der Waals surface area contributed by atoms with E-state index in [0.717, 1.165) is 10.2 Å². The monoisotopic (exact) mass is 392 g/mol. The molecule has 0 saturated heterocycles. The van der Waals surface area contributed by atoms with E-state index >= 15 is 0 Å². The third-order valence-corrected chi connectivity index (χ3v) is 5.97. The Morgan fingerprint density at radius 2 is 1.96 bits per heavy atom. The molecule has 0 aliphatic heterocycles. The van der Waals surface area contributed by atoms with Gasteiger partial charge in [0, 0.05) is 18.8 Å². The Kier molecular flexibility index (Phi) is 3.63. The van der Waals surface area contributed by atoms with Gasteiger partial charge in [-0.05, 0) is 31.2 Å². The molecule has 7 nitrogen and oxygen atoms in total. The van der Waals surface area contributed by atoms with Gasteiger partial charge in [-0.1, -0.05) is 23.5 Å². The van der Waals surface area contributed by atoms with Gasteiger partial charge >= 0.3 is 0 Å². The molecule has 5 aromatic rings. The summed E-state index contributed by atoms with van der Waals surface area (Å²) in [5, 5.41) is 1.09. The Morgan fingerprint density at radius 3 is 2.71 bits per heavy atom. The zero-order valence-electron chi connectivity index (χ0n) is 15.2. The van der Waals surface area contributed by atoms with E-state index in [1.165, 1.54) is 22.1 Å². The molecule has 5 rings (SSSR count). The van der Waals surface area contributed by atoms with Crippen LogP contribution in [0.5, 0.6) is 0 Å². The van der Waals surface area contributed by atoms with Gasteiger partial charge in [0.15, 0.2) is 0 Å². The molecule has 0 bridgehead atoms. The van der Waals surface area contributed by atoms with Crippen molar-refractivity contribution in [3.63, 3.8) is 0 Å². The molecule has 4 aromatic heterocycles. The third-order valence-electron chi connectivity index (χ3n) is 4.96. The predicted octanol–water partition coefficient (Wildman–Crippen LogP) is 3.05. The summed E-state index contributed by atoms with van der Waals surface area (Å²) in [6.07, 6.45) is 1.57. The van der Waals surface area contributed by atoms with E-state index in [1.807, 2.05) is 24.3 Å². The summed E-state index contributed by atoms with van der Waals surface area (Å²) in [5.41, 5.74) is 1.66. The van der Waals surface area contributed by atoms with E-state index in [0.29, 0.717) is 27.5 Å². The Hall–Kier alpha value is -3.39. The van der Waals surface area contributed by atoms with Crippen molar-refractivity contribution in [2.24, 2.45) is 7.05 Å². The second-order valence-electron chi connectivity index (χ2n) is 6.60. The van der Waals surface area contributed by atoms with Crippen molar-refractivity contribution >= 4 is 32.5 Å². The summed E-state index contributed by atoms with van der Waals surface area (Å²) < 4.78 is 11.2. The average Bonchev–Trinajstić information content (AvgIpc) is 3.38. The van der Waals surface area contributed by atoms with Crippen LogP contribution in [0.2, 0.25) is 0 Å². The minimum atomic E-state index is -0.192. The lowest BCUT2D eigenvalue weighted by Gasteiger charge is -2.09. The lowest BCUT2D eigenvalue weighted by Crippen LogP contribution is -2.23. The van der Waals surface area contributed by atoms with Crippen molar-refractivity contribution in [1.29, 1.82) is 0 Å². The Bertz CT molecular complexity index is 1420. The quantitative estimate of drug-likeness (QED) is 0.473. The molecular weight excluding hydrogens is 376 g/mol. The number of thiazole rings is 1. The number of aromatic nitrogens is 4. The largest absolute Gasteiger partial charge is 0.467 e. The van der Waals surface area contributed by atoms with Crippen LogP contribution in [0, 0.1) is 6.92 Å². The van der Waals surface area contributed by atoms with E-state index in [9.17, 15) is 9.59 Å². The SMILES string of the molecule is Cc1c2c(=O)n(-c3nc4ccccc4s3)n(C)c2cc(=O)n1Cc1ccco1. The number of para-hydroxylation sites is 1. The van der Waals surface area contributed by atoms with Gasteiger partial charge in [0.1, 0.15) is 5.76 Å². The number of aryl methyl sites for hydroxylation is 2. The van der Waals surface area contributed by atoms with Gasteiger partial charge in [-0.25, -0.2) is 4.98 Å². The highest BCUT2D eigenvalue weighted by molar-refractivity contribution is 7.20. The number of hydrogen-bond acceptors (Lipinski definition) is 5. The van der Waals surface area contributed by atoms with E-state index in [-0.39, 0.29) is 17.7 Å². The molecule has 8 heteroatoms. The molecule has 0 atom stereocenters.